The molecule has 1 heterocycles. The number of benzene rings is 1. The monoisotopic (exact) mass is 291 g/mol. The second-order valence-electron chi connectivity index (χ2n) is 5.45. The van der Waals surface area contributed by atoms with Gasteiger partial charge in [0.25, 0.3) is 0 Å². The van der Waals surface area contributed by atoms with E-state index in [0.717, 1.165) is 13.0 Å². The van der Waals surface area contributed by atoms with Gasteiger partial charge in [0.2, 0.25) is 11.7 Å². The molecule has 0 aliphatic carbocycles. The predicted molar refractivity (Wildman–Crippen MR) is 80.6 cm³/mol. The SMILES string of the molecule is CCCNC(C)C(C)c1nc(-c2ccc(C)c(F)c2)no1. The number of halogens is 1. The Morgan fingerprint density at radius 3 is 2.76 bits per heavy atom. The third-order valence-electron chi connectivity index (χ3n) is 3.73. The fourth-order valence-electron chi connectivity index (χ4n) is 2.03. The molecule has 114 valence electrons. The fourth-order valence-corrected chi connectivity index (χ4v) is 2.03. The van der Waals surface area contributed by atoms with Gasteiger partial charge in [0, 0.05) is 11.6 Å². The molecule has 1 aromatic heterocycles. The zero-order valence-electron chi connectivity index (χ0n) is 13.0. The average Bonchev–Trinajstić information content (AvgIpc) is 2.96. The van der Waals surface area contributed by atoms with Crippen LogP contribution in [0.3, 0.4) is 0 Å². The number of nitrogens with one attached hydrogen (secondary N) is 1. The zero-order valence-corrected chi connectivity index (χ0v) is 13.0. The van der Waals surface area contributed by atoms with Gasteiger partial charge in [-0.3, -0.25) is 0 Å². The minimum atomic E-state index is -0.259. The van der Waals surface area contributed by atoms with Crippen molar-refractivity contribution in [1.82, 2.24) is 15.5 Å². The molecule has 2 aromatic rings. The third-order valence-corrected chi connectivity index (χ3v) is 3.73. The highest BCUT2D eigenvalue weighted by molar-refractivity contribution is 5.55. The summed E-state index contributed by atoms with van der Waals surface area (Å²) in [7, 11) is 0. The van der Waals surface area contributed by atoms with Crippen LogP contribution in [0.25, 0.3) is 11.4 Å². The van der Waals surface area contributed by atoms with E-state index in [4.69, 9.17) is 4.52 Å². The van der Waals surface area contributed by atoms with Gasteiger partial charge in [-0.15, -0.1) is 0 Å². The predicted octanol–water partition coefficient (Wildman–Crippen LogP) is 3.68. The summed E-state index contributed by atoms with van der Waals surface area (Å²) in [6.45, 7) is 8.94. The molecule has 1 aromatic carbocycles. The Bertz CT molecular complexity index is 597. The van der Waals surface area contributed by atoms with E-state index in [2.05, 4.69) is 29.3 Å². The van der Waals surface area contributed by atoms with Gasteiger partial charge in [-0.05, 0) is 38.4 Å². The smallest absolute Gasteiger partial charge is 0.231 e. The molecule has 1 N–H and O–H groups in total. The Labute approximate surface area is 124 Å². The Morgan fingerprint density at radius 1 is 1.33 bits per heavy atom. The van der Waals surface area contributed by atoms with Gasteiger partial charge >= 0.3 is 0 Å². The molecule has 0 spiro atoms. The third kappa shape index (κ3) is 3.67. The molecule has 0 bridgehead atoms. The lowest BCUT2D eigenvalue weighted by Crippen LogP contribution is -2.31. The maximum absolute atomic E-state index is 13.6. The van der Waals surface area contributed by atoms with Crippen molar-refractivity contribution in [2.24, 2.45) is 0 Å². The molecule has 0 saturated carbocycles. The van der Waals surface area contributed by atoms with Crippen molar-refractivity contribution in [3.05, 3.63) is 35.5 Å². The van der Waals surface area contributed by atoms with Crippen LogP contribution in [0.2, 0.25) is 0 Å². The fraction of sp³-hybridized carbons (Fsp3) is 0.500. The van der Waals surface area contributed by atoms with Crippen molar-refractivity contribution in [1.29, 1.82) is 0 Å². The van der Waals surface area contributed by atoms with Crippen molar-refractivity contribution >= 4 is 0 Å². The van der Waals surface area contributed by atoms with Crippen LogP contribution in [0.1, 0.15) is 44.6 Å². The number of hydrogen-bond donors (Lipinski definition) is 1. The molecule has 0 saturated heterocycles. The highest BCUT2D eigenvalue weighted by Gasteiger charge is 2.20. The summed E-state index contributed by atoms with van der Waals surface area (Å²) in [6.07, 6.45) is 1.08. The molecule has 2 rings (SSSR count). The topological polar surface area (TPSA) is 51.0 Å². The van der Waals surface area contributed by atoms with E-state index in [-0.39, 0.29) is 17.8 Å². The number of aryl methyl sites for hydroxylation is 1. The van der Waals surface area contributed by atoms with Gasteiger partial charge in [0.1, 0.15) is 5.82 Å². The number of rotatable bonds is 6. The molecule has 0 amide bonds. The van der Waals surface area contributed by atoms with Crippen molar-refractivity contribution in [2.75, 3.05) is 6.54 Å². The van der Waals surface area contributed by atoms with Gasteiger partial charge < -0.3 is 9.84 Å². The first-order chi connectivity index (χ1) is 10.0. The van der Waals surface area contributed by atoms with Gasteiger partial charge in [-0.1, -0.05) is 31.1 Å². The van der Waals surface area contributed by atoms with Crippen LogP contribution in [0.4, 0.5) is 4.39 Å². The first-order valence-corrected chi connectivity index (χ1v) is 7.36. The number of hydrogen-bond acceptors (Lipinski definition) is 4. The molecule has 0 aliphatic rings. The second kappa shape index (κ2) is 6.80. The van der Waals surface area contributed by atoms with Crippen molar-refractivity contribution in [3.8, 4) is 11.4 Å². The van der Waals surface area contributed by atoms with Crippen LogP contribution in [0.5, 0.6) is 0 Å². The normalized spacial score (nSPS) is 14.1. The first-order valence-electron chi connectivity index (χ1n) is 7.36. The lowest BCUT2D eigenvalue weighted by molar-refractivity contribution is 0.331. The Kier molecular flexibility index (Phi) is 5.07. The van der Waals surface area contributed by atoms with E-state index in [0.29, 0.717) is 22.8 Å². The zero-order chi connectivity index (χ0) is 15.4. The molecule has 0 aliphatic heterocycles. The van der Waals surface area contributed by atoms with E-state index in [1.807, 2.05) is 6.92 Å². The standard InChI is InChI=1S/C16H22FN3O/c1-5-8-18-12(4)11(3)16-19-15(20-21-16)13-7-6-10(2)14(17)9-13/h6-7,9,11-12,18H,5,8H2,1-4H3. The lowest BCUT2D eigenvalue weighted by Gasteiger charge is -2.17. The minimum absolute atomic E-state index is 0.105. The Hall–Kier alpha value is -1.75. The summed E-state index contributed by atoms with van der Waals surface area (Å²) in [5.74, 6) is 0.846. The van der Waals surface area contributed by atoms with Crippen LogP contribution in [-0.4, -0.2) is 22.7 Å². The summed E-state index contributed by atoms with van der Waals surface area (Å²) in [4.78, 5) is 4.40. The molecule has 5 heteroatoms. The van der Waals surface area contributed by atoms with Gasteiger partial charge in [0.05, 0.1) is 5.92 Å². The Balaban J connectivity index is 2.15. The van der Waals surface area contributed by atoms with Crippen molar-refractivity contribution < 1.29 is 8.91 Å². The van der Waals surface area contributed by atoms with Gasteiger partial charge in [-0.2, -0.15) is 4.98 Å². The van der Waals surface area contributed by atoms with Gasteiger partial charge in [-0.25, -0.2) is 4.39 Å². The summed E-state index contributed by atoms with van der Waals surface area (Å²) in [5.41, 5.74) is 1.24. The summed E-state index contributed by atoms with van der Waals surface area (Å²) in [5, 5.41) is 7.37. The minimum Gasteiger partial charge on any atom is -0.339 e. The maximum Gasteiger partial charge on any atom is 0.231 e. The van der Waals surface area contributed by atoms with Crippen molar-refractivity contribution in [3.63, 3.8) is 0 Å². The van der Waals surface area contributed by atoms with Gasteiger partial charge in [0.15, 0.2) is 0 Å². The molecule has 21 heavy (non-hydrogen) atoms. The summed E-state index contributed by atoms with van der Waals surface area (Å²) < 4.78 is 18.9. The largest absolute Gasteiger partial charge is 0.339 e. The molecule has 4 nitrogen and oxygen atoms in total. The van der Waals surface area contributed by atoms with Crippen LogP contribution in [-0.2, 0) is 0 Å². The molecule has 2 unspecified atom stereocenters. The van der Waals surface area contributed by atoms with Crippen LogP contribution in [0, 0.1) is 12.7 Å². The van der Waals surface area contributed by atoms with E-state index in [9.17, 15) is 4.39 Å². The van der Waals surface area contributed by atoms with E-state index >= 15 is 0 Å². The highest BCUT2D eigenvalue weighted by Crippen LogP contribution is 2.23. The molecule has 2 atom stereocenters. The summed E-state index contributed by atoms with van der Waals surface area (Å²) >= 11 is 0. The van der Waals surface area contributed by atoms with Crippen LogP contribution in [0.15, 0.2) is 22.7 Å². The van der Waals surface area contributed by atoms with Crippen molar-refractivity contribution in [2.45, 2.75) is 46.1 Å². The highest BCUT2D eigenvalue weighted by atomic mass is 19.1. The number of nitrogens with zero attached hydrogens (tertiary/aromatic N) is 2. The molecule has 0 radical (unpaired) electrons. The average molecular weight is 291 g/mol. The molecular weight excluding hydrogens is 269 g/mol. The van der Waals surface area contributed by atoms with E-state index in [1.54, 1.807) is 19.1 Å². The van der Waals surface area contributed by atoms with E-state index < -0.39 is 0 Å². The quantitative estimate of drug-likeness (QED) is 0.882. The van der Waals surface area contributed by atoms with Crippen LogP contribution < -0.4 is 5.32 Å². The first kappa shape index (κ1) is 15.6. The number of aromatic nitrogens is 2. The van der Waals surface area contributed by atoms with Crippen LogP contribution >= 0.6 is 0 Å². The van der Waals surface area contributed by atoms with E-state index in [1.165, 1.54) is 6.07 Å². The lowest BCUT2D eigenvalue weighted by atomic mass is 10.0. The second-order valence-corrected chi connectivity index (χ2v) is 5.45. The molecule has 0 fully saturated rings. The Morgan fingerprint density at radius 2 is 2.10 bits per heavy atom. The summed E-state index contributed by atoms with van der Waals surface area (Å²) in [6, 6.07) is 5.20. The maximum atomic E-state index is 13.6. The molecular formula is C16H22FN3O.